The Hall–Kier alpha value is -3.89. The van der Waals surface area contributed by atoms with Crippen LogP contribution in [0, 0.1) is 0 Å². The van der Waals surface area contributed by atoms with Gasteiger partial charge in [-0.05, 0) is 25.5 Å². The first-order chi connectivity index (χ1) is 17.5. The molecule has 0 spiro atoms. The van der Waals surface area contributed by atoms with Gasteiger partial charge in [-0.1, -0.05) is 48.9 Å². The molecule has 2 rings (SSSR count). The first kappa shape index (κ1) is 29.3. The molecule has 0 saturated carbocycles. The molecule has 3 amide bonds. The van der Waals surface area contributed by atoms with Crippen LogP contribution in [0.5, 0.6) is 0 Å². The maximum absolute atomic E-state index is 13.3. The van der Waals surface area contributed by atoms with Crippen molar-refractivity contribution in [1.82, 2.24) is 20.9 Å². The lowest BCUT2D eigenvalue weighted by Crippen LogP contribution is -2.52. The molecule has 1 aromatic heterocycles. The fraction of sp³-hybridized carbons (Fsp3) is 0.385. The fourth-order valence-corrected chi connectivity index (χ4v) is 3.70. The van der Waals surface area contributed by atoms with Gasteiger partial charge in [0.2, 0.25) is 17.7 Å². The van der Waals surface area contributed by atoms with Gasteiger partial charge in [0.15, 0.2) is 0 Å². The van der Waals surface area contributed by atoms with Crippen molar-refractivity contribution < 1.29 is 32.3 Å². The van der Waals surface area contributed by atoms with Crippen molar-refractivity contribution >= 4 is 34.4 Å². The Labute approximate surface area is 212 Å². The molecule has 200 valence electrons. The van der Waals surface area contributed by atoms with Crippen LogP contribution in [0.1, 0.15) is 39.2 Å². The predicted octanol–water partition coefficient (Wildman–Crippen LogP) is 3.25. The number of ketones is 1. The second-order valence-electron chi connectivity index (χ2n) is 8.30. The Morgan fingerprint density at radius 2 is 1.70 bits per heavy atom. The zero-order valence-corrected chi connectivity index (χ0v) is 20.9. The number of aromatic nitrogens is 1. The number of benzene rings is 1. The van der Waals surface area contributed by atoms with Crippen LogP contribution in [0.15, 0.2) is 54.3 Å². The first-order valence-electron chi connectivity index (χ1n) is 11.8. The van der Waals surface area contributed by atoms with Crippen LogP contribution in [0.2, 0.25) is 0 Å². The van der Waals surface area contributed by atoms with E-state index >= 15 is 0 Å². The van der Waals surface area contributed by atoms with Crippen molar-refractivity contribution in [3.8, 4) is 0 Å². The summed E-state index contributed by atoms with van der Waals surface area (Å²) in [6.45, 7) is 4.50. The molecule has 0 aliphatic rings. The zero-order valence-electron chi connectivity index (χ0n) is 20.9. The predicted molar refractivity (Wildman–Crippen MR) is 133 cm³/mol. The molecule has 0 aliphatic carbocycles. The number of nitrogens with one attached hydrogen (secondary N) is 4. The van der Waals surface area contributed by atoms with Crippen molar-refractivity contribution in [2.45, 2.75) is 58.3 Å². The maximum Gasteiger partial charge on any atom is 0.452 e. The van der Waals surface area contributed by atoms with Crippen LogP contribution >= 0.6 is 0 Å². The second kappa shape index (κ2) is 13.4. The Balaban J connectivity index is 2.12. The summed E-state index contributed by atoms with van der Waals surface area (Å²) in [6.07, 6.45) is 1.50. The zero-order chi connectivity index (χ0) is 27.6. The largest absolute Gasteiger partial charge is 0.452 e. The highest BCUT2D eigenvalue weighted by Gasteiger charge is 2.44. The Kier molecular flexibility index (Phi) is 10.6. The quantitative estimate of drug-likeness (QED) is 0.321. The number of Topliss-reactive ketones (excluding diaryl/α,β-unsaturated/α-hetero) is 1. The SMILES string of the molecule is C/C=C\C(=C/C)CC(NC(=O)CC)C(=O)NCC(=O)NC(Cc1c[nH]c2ccccc12)C(=O)C(F)(F)F. The highest BCUT2D eigenvalue weighted by atomic mass is 19.4. The highest BCUT2D eigenvalue weighted by Crippen LogP contribution is 2.23. The Morgan fingerprint density at radius 1 is 1.03 bits per heavy atom. The molecule has 2 unspecified atom stereocenters. The van der Waals surface area contributed by atoms with Crippen LogP contribution in [0.4, 0.5) is 13.2 Å². The number of para-hydroxylation sites is 1. The topological polar surface area (TPSA) is 120 Å². The number of hydrogen-bond donors (Lipinski definition) is 4. The molecule has 0 bridgehead atoms. The highest BCUT2D eigenvalue weighted by molar-refractivity contribution is 5.95. The first-order valence-corrected chi connectivity index (χ1v) is 11.8. The smallest absolute Gasteiger partial charge is 0.361 e. The van der Waals surface area contributed by atoms with Gasteiger partial charge in [-0.3, -0.25) is 19.2 Å². The van der Waals surface area contributed by atoms with Crippen LogP contribution in [-0.2, 0) is 25.6 Å². The lowest BCUT2D eigenvalue weighted by Gasteiger charge is -2.21. The van der Waals surface area contributed by atoms with E-state index in [2.05, 4.69) is 20.9 Å². The number of carbonyl (C=O) groups excluding carboxylic acids is 4. The van der Waals surface area contributed by atoms with Gasteiger partial charge in [-0.25, -0.2) is 0 Å². The minimum Gasteiger partial charge on any atom is -0.361 e. The molecule has 0 radical (unpaired) electrons. The summed E-state index contributed by atoms with van der Waals surface area (Å²) in [5, 5.41) is 7.64. The third-order valence-electron chi connectivity index (χ3n) is 5.62. The van der Waals surface area contributed by atoms with E-state index in [9.17, 15) is 32.3 Å². The van der Waals surface area contributed by atoms with Crippen LogP contribution in [0.3, 0.4) is 0 Å². The molecule has 1 aromatic carbocycles. The van der Waals surface area contributed by atoms with E-state index in [1.165, 1.54) is 6.20 Å². The van der Waals surface area contributed by atoms with Gasteiger partial charge >= 0.3 is 6.18 Å². The summed E-state index contributed by atoms with van der Waals surface area (Å²) in [7, 11) is 0. The van der Waals surface area contributed by atoms with Gasteiger partial charge in [0.05, 0.1) is 6.54 Å². The number of halogens is 3. The van der Waals surface area contributed by atoms with Gasteiger partial charge in [0.25, 0.3) is 5.78 Å². The van der Waals surface area contributed by atoms with E-state index in [4.69, 9.17) is 0 Å². The summed E-state index contributed by atoms with van der Waals surface area (Å²) < 4.78 is 39.8. The minimum absolute atomic E-state index is 0.133. The molecular formula is C26H31F3N4O4. The van der Waals surface area contributed by atoms with E-state index in [0.717, 1.165) is 5.57 Å². The number of carbonyl (C=O) groups is 4. The normalized spacial score (nSPS) is 13.8. The number of amides is 3. The molecule has 4 N–H and O–H groups in total. The molecule has 1 heterocycles. The molecule has 8 nitrogen and oxygen atoms in total. The van der Waals surface area contributed by atoms with E-state index in [0.29, 0.717) is 16.5 Å². The Morgan fingerprint density at radius 3 is 2.32 bits per heavy atom. The van der Waals surface area contributed by atoms with E-state index in [1.807, 2.05) is 0 Å². The van der Waals surface area contributed by atoms with Crippen LogP contribution < -0.4 is 16.0 Å². The molecule has 2 atom stereocenters. The number of fused-ring (bicyclic) bond motifs is 1. The number of allylic oxidation sites excluding steroid dienone is 3. The van der Waals surface area contributed by atoms with Gasteiger partial charge in [-0.15, -0.1) is 0 Å². The average Bonchev–Trinajstić information content (AvgIpc) is 3.27. The minimum atomic E-state index is -5.17. The maximum atomic E-state index is 13.3. The molecule has 0 fully saturated rings. The second-order valence-corrected chi connectivity index (χ2v) is 8.30. The summed E-state index contributed by atoms with van der Waals surface area (Å²) in [5.41, 5.74) is 1.86. The third kappa shape index (κ3) is 8.62. The number of aromatic amines is 1. The molecule has 11 heteroatoms. The Bertz CT molecular complexity index is 1180. The van der Waals surface area contributed by atoms with Crippen LogP contribution in [-0.4, -0.2) is 53.3 Å². The monoisotopic (exact) mass is 520 g/mol. The lowest BCUT2D eigenvalue weighted by atomic mass is 10.0. The molecule has 0 aliphatic heterocycles. The third-order valence-corrected chi connectivity index (χ3v) is 5.62. The molecule has 37 heavy (non-hydrogen) atoms. The summed E-state index contributed by atoms with van der Waals surface area (Å²) in [5.74, 6) is -4.14. The summed E-state index contributed by atoms with van der Waals surface area (Å²) in [6, 6.07) is 3.99. The standard InChI is InChI=1S/C26H31F3N4O4/c1-4-9-16(5-2)12-21(33-22(34)6-3)25(37)31-15-23(35)32-20(24(36)26(27,28)29)13-17-14-30-19-11-8-7-10-18(17)19/h4-5,7-11,14,20-21,30H,6,12-13,15H2,1-3H3,(H,31,37)(H,32,35)(H,33,34)/b9-4-,16-5+. The number of H-pyrrole nitrogens is 1. The van der Waals surface area contributed by atoms with Crippen molar-refractivity contribution in [3.05, 3.63) is 59.8 Å². The average molecular weight is 521 g/mol. The van der Waals surface area contributed by atoms with Gasteiger partial charge in [-0.2, -0.15) is 13.2 Å². The summed E-state index contributed by atoms with van der Waals surface area (Å²) >= 11 is 0. The van der Waals surface area contributed by atoms with Gasteiger partial charge in [0.1, 0.15) is 12.1 Å². The van der Waals surface area contributed by atoms with E-state index in [-0.39, 0.29) is 18.7 Å². The summed E-state index contributed by atoms with van der Waals surface area (Å²) in [4.78, 5) is 52.1. The number of alkyl halides is 3. The molecular weight excluding hydrogens is 489 g/mol. The lowest BCUT2D eigenvalue weighted by molar-refractivity contribution is -0.173. The molecule has 0 saturated heterocycles. The van der Waals surface area contributed by atoms with E-state index in [1.54, 1.807) is 63.3 Å². The van der Waals surface area contributed by atoms with Crippen molar-refractivity contribution in [1.29, 1.82) is 0 Å². The number of rotatable bonds is 12. The van der Waals surface area contributed by atoms with Crippen molar-refractivity contribution in [2.24, 2.45) is 0 Å². The van der Waals surface area contributed by atoms with Gasteiger partial charge < -0.3 is 20.9 Å². The van der Waals surface area contributed by atoms with Crippen molar-refractivity contribution in [2.75, 3.05) is 6.54 Å². The van der Waals surface area contributed by atoms with Gasteiger partial charge in [0, 0.05) is 36.4 Å². The van der Waals surface area contributed by atoms with Crippen LogP contribution in [0.25, 0.3) is 10.9 Å². The fourth-order valence-electron chi connectivity index (χ4n) is 3.70. The van der Waals surface area contributed by atoms with E-state index < -0.39 is 48.8 Å². The number of hydrogen-bond acceptors (Lipinski definition) is 4. The molecule has 2 aromatic rings. The van der Waals surface area contributed by atoms with Crippen molar-refractivity contribution in [3.63, 3.8) is 0 Å².